The molecule has 0 unspecified atom stereocenters. The van der Waals surface area contributed by atoms with E-state index in [9.17, 15) is 16.8 Å². The third-order valence-corrected chi connectivity index (χ3v) is 8.60. The van der Waals surface area contributed by atoms with Gasteiger partial charge in [-0.25, -0.2) is 16.8 Å². The first kappa shape index (κ1) is 27.8. The normalized spacial score (nSPS) is 17.5. The lowest BCUT2D eigenvalue weighted by atomic mass is 10.2. The zero-order valence-electron chi connectivity index (χ0n) is 17.6. The number of nitrogens with zero attached hydrogens (tertiary/aromatic N) is 3. The number of guanidine groups is 1. The van der Waals surface area contributed by atoms with Crippen LogP contribution in [0.15, 0.2) is 4.99 Å². The maximum Gasteiger partial charge on any atom is 0.216 e. The number of nitrogens with one attached hydrogen (secondary N) is 1. The largest absolute Gasteiger partial charge is 0.378 e. The molecule has 0 spiro atoms. The van der Waals surface area contributed by atoms with Crippen molar-refractivity contribution in [2.75, 3.05) is 58.4 Å². The van der Waals surface area contributed by atoms with E-state index in [1.807, 2.05) is 18.7 Å². The van der Waals surface area contributed by atoms with E-state index in [-0.39, 0.29) is 49.0 Å². The second-order valence-electron chi connectivity index (χ2n) is 7.55. The molecule has 1 fully saturated rings. The summed E-state index contributed by atoms with van der Waals surface area (Å²) < 4.78 is 54.3. The van der Waals surface area contributed by atoms with Gasteiger partial charge in [-0.15, -0.1) is 24.0 Å². The van der Waals surface area contributed by atoms with Gasteiger partial charge in [-0.05, 0) is 27.7 Å². The molecular weight excluding hydrogens is 519 g/mol. The average molecular weight is 555 g/mol. The number of rotatable bonds is 8. The van der Waals surface area contributed by atoms with Gasteiger partial charge in [0.2, 0.25) is 10.0 Å². The van der Waals surface area contributed by atoms with Crippen molar-refractivity contribution in [2.45, 2.75) is 38.5 Å². The molecule has 9 nitrogen and oxygen atoms in total. The van der Waals surface area contributed by atoms with Crippen molar-refractivity contribution in [3.8, 4) is 0 Å². The molecular formula is C16H35IN4O5S2. The van der Waals surface area contributed by atoms with Crippen molar-refractivity contribution in [1.82, 2.24) is 14.5 Å². The molecule has 1 N–H and O–H groups in total. The minimum Gasteiger partial charge on any atom is -0.378 e. The molecule has 1 aliphatic heterocycles. The third-order valence-electron chi connectivity index (χ3n) is 4.61. The molecule has 0 aliphatic carbocycles. The Hall–Kier alpha value is -0.180. The lowest BCUT2D eigenvalue weighted by Gasteiger charge is -2.36. The standard InChI is InChI=1S/C16H34N4O5S2.HI/c1-14(2)25-11-12-27(23,24)20-9-7-19(8-10-20)15(17-5)18-13-16(3,4)26(6,21)22;/h14H,7-13H2,1-6H3,(H,17,18);1H. The van der Waals surface area contributed by atoms with Crippen molar-refractivity contribution < 1.29 is 21.6 Å². The number of hydrogen-bond donors (Lipinski definition) is 1. The summed E-state index contributed by atoms with van der Waals surface area (Å²) >= 11 is 0. The predicted molar refractivity (Wildman–Crippen MR) is 124 cm³/mol. The van der Waals surface area contributed by atoms with Crippen molar-refractivity contribution in [3.63, 3.8) is 0 Å². The number of aliphatic imine (C=N–C) groups is 1. The maximum absolute atomic E-state index is 12.4. The molecule has 12 heteroatoms. The number of hydrogen-bond acceptors (Lipinski definition) is 6. The van der Waals surface area contributed by atoms with E-state index in [1.54, 1.807) is 20.9 Å². The quantitative estimate of drug-likeness (QED) is 0.263. The van der Waals surface area contributed by atoms with Gasteiger partial charge in [0.25, 0.3) is 0 Å². The zero-order valence-corrected chi connectivity index (χ0v) is 21.6. The molecule has 1 saturated heterocycles. The van der Waals surface area contributed by atoms with E-state index in [0.29, 0.717) is 32.1 Å². The molecule has 1 rings (SSSR count). The smallest absolute Gasteiger partial charge is 0.216 e. The summed E-state index contributed by atoms with van der Waals surface area (Å²) in [5.41, 5.74) is 0. The van der Waals surface area contributed by atoms with Crippen LogP contribution in [0.3, 0.4) is 0 Å². The molecule has 0 aromatic rings. The number of ether oxygens (including phenoxy) is 1. The summed E-state index contributed by atoms with van der Waals surface area (Å²) in [6, 6.07) is 0. The molecule has 0 aromatic heterocycles. The van der Waals surface area contributed by atoms with Crippen molar-refractivity contribution in [2.24, 2.45) is 4.99 Å². The van der Waals surface area contributed by atoms with E-state index >= 15 is 0 Å². The van der Waals surface area contributed by atoms with Gasteiger partial charge in [0, 0.05) is 46.0 Å². The first-order valence-corrected chi connectivity index (χ1v) is 12.5. The van der Waals surface area contributed by atoms with Crippen LogP contribution < -0.4 is 5.32 Å². The minimum absolute atomic E-state index is 0. The van der Waals surface area contributed by atoms with Crippen LogP contribution in [0, 0.1) is 0 Å². The van der Waals surface area contributed by atoms with E-state index < -0.39 is 24.6 Å². The molecule has 0 atom stereocenters. The van der Waals surface area contributed by atoms with Crippen LogP contribution >= 0.6 is 24.0 Å². The first-order chi connectivity index (χ1) is 12.3. The highest BCUT2D eigenvalue weighted by Gasteiger charge is 2.32. The highest BCUT2D eigenvalue weighted by atomic mass is 127. The molecule has 0 amide bonds. The summed E-state index contributed by atoms with van der Waals surface area (Å²) in [5, 5.41) is 3.10. The molecule has 0 aromatic carbocycles. The minimum atomic E-state index is -3.35. The molecule has 28 heavy (non-hydrogen) atoms. The van der Waals surface area contributed by atoms with Crippen LogP contribution in [-0.2, 0) is 24.6 Å². The highest BCUT2D eigenvalue weighted by Crippen LogP contribution is 2.14. The van der Waals surface area contributed by atoms with E-state index in [1.165, 1.54) is 10.6 Å². The number of piperazine rings is 1. The van der Waals surface area contributed by atoms with Crippen molar-refractivity contribution >= 4 is 49.8 Å². The summed E-state index contributed by atoms with van der Waals surface area (Å²) in [7, 11) is -4.94. The third kappa shape index (κ3) is 8.28. The van der Waals surface area contributed by atoms with Gasteiger partial charge in [-0.3, -0.25) is 4.99 Å². The number of halogens is 1. The van der Waals surface area contributed by atoms with Crippen LogP contribution in [0.25, 0.3) is 0 Å². The number of sulfone groups is 1. The van der Waals surface area contributed by atoms with Gasteiger partial charge in [-0.2, -0.15) is 4.31 Å². The molecule has 168 valence electrons. The second kappa shape index (κ2) is 11.3. The SMILES string of the molecule is CN=C(NCC(C)(C)S(C)(=O)=O)N1CCN(S(=O)(=O)CCOC(C)C)CC1.I. The molecule has 0 radical (unpaired) electrons. The lowest BCUT2D eigenvalue weighted by molar-refractivity contribution is 0.0904. The fraction of sp³-hybridized carbons (Fsp3) is 0.938. The lowest BCUT2D eigenvalue weighted by Crippen LogP contribution is -2.56. The topological polar surface area (TPSA) is 108 Å². The van der Waals surface area contributed by atoms with Gasteiger partial charge in [0.15, 0.2) is 15.8 Å². The van der Waals surface area contributed by atoms with Gasteiger partial charge in [0.1, 0.15) is 0 Å². The Morgan fingerprint density at radius 3 is 2.11 bits per heavy atom. The van der Waals surface area contributed by atoms with E-state index in [2.05, 4.69) is 10.3 Å². The average Bonchev–Trinajstić information content (AvgIpc) is 2.54. The Morgan fingerprint density at radius 1 is 1.14 bits per heavy atom. The van der Waals surface area contributed by atoms with Gasteiger partial charge >= 0.3 is 0 Å². The number of sulfonamides is 1. The van der Waals surface area contributed by atoms with Gasteiger partial charge in [-0.1, -0.05) is 0 Å². The Morgan fingerprint density at radius 2 is 1.68 bits per heavy atom. The molecule has 1 aliphatic rings. The van der Waals surface area contributed by atoms with Crippen LogP contribution in [0.1, 0.15) is 27.7 Å². The van der Waals surface area contributed by atoms with Gasteiger partial charge < -0.3 is 15.0 Å². The fourth-order valence-corrected chi connectivity index (χ4v) is 4.07. The van der Waals surface area contributed by atoms with Crippen LogP contribution in [0.4, 0.5) is 0 Å². The Kier molecular flexibility index (Phi) is 11.2. The van der Waals surface area contributed by atoms with Gasteiger partial charge in [0.05, 0.1) is 23.2 Å². The summed E-state index contributed by atoms with van der Waals surface area (Å²) in [4.78, 5) is 6.14. The predicted octanol–water partition coefficient (Wildman–Crippen LogP) is 0.375. The van der Waals surface area contributed by atoms with E-state index in [0.717, 1.165) is 0 Å². The Labute approximate surface area is 187 Å². The van der Waals surface area contributed by atoms with Crippen LogP contribution in [0.5, 0.6) is 0 Å². The van der Waals surface area contributed by atoms with Crippen molar-refractivity contribution in [3.05, 3.63) is 0 Å². The molecule has 0 saturated carbocycles. The first-order valence-electron chi connectivity index (χ1n) is 9.05. The van der Waals surface area contributed by atoms with Crippen LogP contribution in [-0.4, -0.2) is 101 Å². The summed E-state index contributed by atoms with van der Waals surface area (Å²) in [6.07, 6.45) is 1.21. The summed E-state index contributed by atoms with van der Waals surface area (Å²) in [5.74, 6) is 0.549. The van der Waals surface area contributed by atoms with E-state index in [4.69, 9.17) is 4.74 Å². The Balaban J connectivity index is 0.00000729. The second-order valence-corrected chi connectivity index (χ2v) is 12.3. The molecule has 1 heterocycles. The molecule has 0 bridgehead atoms. The highest BCUT2D eigenvalue weighted by molar-refractivity contribution is 14.0. The monoisotopic (exact) mass is 554 g/mol. The zero-order chi connectivity index (χ0) is 20.9. The summed E-state index contributed by atoms with van der Waals surface area (Å²) in [6.45, 7) is 9.17. The maximum atomic E-state index is 12.4. The fourth-order valence-electron chi connectivity index (χ4n) is 2.45. The van der Waals surface area contributed by atoms with Crippen LogP contribution in [0.2, 0.25) is 0 Å². The Bertz CT molecular complexity index is 715. The van der Waals surface area contributed by atoms with Crippen molar-refractivity contribution in [1.29, 1.82) is 0 Å².